The van der Waals surface area contributed by atoms with Crippen molar-refractivity contribution in [2.75, 3.05) is 0 Å². The van der Waals surface area contributed by atoms with Crippen LogP contribution in [0.4, 0.5) is 0 Å². The van der Waals surface area contributed by atoms with E-state index < -0.39 is 0 Å². The predicted molar refractivity (Wildman–Crippen MR) is 100 cm³/mol. The van der Waals surface area contributed by atoms with E-state index in [1.807, 2.05) is 30.3 Å². The van der Waals surface area contributed by atoms with Crippen LogP contribution in [0.5, 0.6) is 0 Å². The van der Waals surface area contributed by atoms with Crippen molar-refractivity contribution in [2.24, 2.45) is 0 Å². The Balaban J connectivity index is 2.19. The topological polar surface area (TPSA) is 67.5 Å². The van der Waals surface area contributed by atoms with Crippen molar-refractivity contribution in [3.8, 4) is 22.5 Å². The number of Topliss-reactive ketones (excluding diaryl/α,β-unsaturated/α-hetero) is 1. The molecule has 0 saturated heterocycles. The Bertz CT molecular complexity index is 1170. The van der Waals surface area contributed by atoms with Gasteiger partial charge in [-0.3, -0.25) is 9.59 Å². The lowest BCUT2D eigenvalue weighted by Crippen LogP contribution is -2.02. The van der Waals surface area contributed by atoms with Crippen molar-refractivity contribution in [1.82, 2.24) is 0 Å². The summed E-state index contributed by atoms with van der Waals surface area (Å²) >= 11 is 0. The van der Waals surface area contributed by atoms with Gasteiger partial charge < -0.3 is 9.52 Å². The van der Waals surface area contributed by atoms with Crippen molar-refractivity contribution in [2.45, 2.75) is 13.5 Å². The van der Waals surface area contributed by atoms with Crippen molar-refractivity contribution in [3.63, 3.8) is 0 Å². The Morgan fingerprint density at radius 2 is 1.81 bits per heavy atom. The smallest absolute Gasteiger partial charge is 0.182 e. The molecule has 1 aliphatic carbocycles. The van der Waals surface area contributed by atoms with Gasteiger partial charge in [0.2, 0.25) is 0 Å². The zero-order valence-corrected chi connectivity index (χ0v) is 14.2. The second-order valence-corrected chi connectivity index (χ2v) is 6.23. The number of fused-ring (bicyclic) bond motifs is 2. The molecule has 128 valence electrons. The largest absolute Gasteiger partial charge is 0.456 e. The monoisotopic (exact) mass is 344 g/mol. The molecule has 0 radical (unpaired) electrons. The summed E-state index contributed by atoms with van der Waals surface area (Å²) in [6.45, 7) is 1.43. The highest BCUT2D eigenvalue weighted by atomic mass is 16.3. The van der Waals surface area contributed by atoms with Crippen molar-refractivity contribution in [1.29, 1.82) is 0 Å². The highest BCUT2D eigenvalue weighted by Crippen LogP contribution is 2.41. The third kappa shape index (κ3) is 2.61. The fourth-order valence-corrected chi connectivity index (χ4v) is 3.31. The number of rotatable bonds is 3. The molecule has 0 saturated carbocycles. The minimum Gasteiger partial charge on any atom is -0.456 e. The number of aliphatic hydroxyl groups is 1. The van der Waals surface area contributed by atoms with Gasteiger partial charge in [-0.25, -0.2) is 0 Å². The van der Waals surface area contributed by atoms with Gasteiger partial charge in [-0.1, -0.05) is 36.4 Å². The van der Waals surface area contributed by atoms with Crippen LogP contribution < -0.4 is 5.43 Å². The highest BCUT2D eigenvalue weighted by Gasteiger charge is 2.20. The number of benzene rings is 3. The Morgan fingerprint density at radius 1 is 1.00 bits per heavy atom. The van der Waals surface area contributed by atoms with Gasteiger partial charge in [0.25, 0.3) is 0 Å². The zero-order valence-electron chi connectivity index (χ0n) is 14.2. The molecule has 0 bridgehead atoms. The lowest BCUT2D eigenvalue weighted by molar-refractivity contribution is 0.101. The van der Waals surface area contributed by atoms with E-state index in [9.17, 15) is 14.7 Å². The Kier molecular flexibility index (Phi) is 3.90. The van der Waals surface area contributed by atoms with Gasteiger partial charge in [-0.15, -0.1) is 0 Å². The maximum absolute atomic E-state index is 12.2. The summed E-state index contributed by atoms with van der Waals surface area (Å²) < 4.78 is 5.94. The maximum atomic E-state index is 12.2. The molecule has 4 nitrogen and oxygen atoms in total. The Hall–Kier alpha value is -3.24. The molecule has 0 atom stereocenters. The van der Waals surface area contributed by atoms with E-state index in [-0.39, 0.29) is 17.8 Å². The SMILES string of the molecule is CC(=O)c1ccccc1-c1c2ccc(=O)cc-2oc2cc(CO)ccc12. The van der Waals surface area contributed by atoms with Crippen LogP contribution in [0.25, 0.3) is 33.4 Å². The van der Waals surface area contributed by atoms with E-state index in [1.165, 1.54) is 19.1 Å². The van der Waals surface area contributed by atoms with E-state index in [4.69, 9.17) is 4.42 Å². The van der Waals surface area contributed by atoms with Crippen LogP contribution in [0.3, 0.4) is 0 Å². The molecule has 1 aliphatic heterocycles. The third-order valence-electron chi connectivity index (χ3n) is 4.52. The summed E-state index contributed by atoms with van der Waals surface area (Å²) in [6.07, 6.45) is 0. The number of aliphatic hydroxyl groups excluding tert-OH is 1. The zero-order chi connectivity index (χ0) is 18.3. The first-order valence-corrected chi connectivity index (χ1v) is 8.29. The first-order chi connectivity index (χ1) is 12.6. The number of carbonyl (C=O) groups is 1. The summed E-state index contributed by atoms with van der Waals surface area (Å²) in [5.41, 5.74) is 4.14. The fraction of sp³-hybridized carbons (Fsp3) is 0.0909. The molecule has 26 heavy (non-hydrogen) atoms. The van der Waals surface area contributed by atoms with Gasteiger partial charge in [0.15, 0.2) is 11.2 Å². The predicted octanol–water partition coefficient (Wildman–Crippen LogP) is 4.26. The third-order valence-corrected chi connectivity index (χ3v) is 4.52. The van der Waals surface area contributed by atoms with Crippen molar-refractivity contribution in [3.05, 3.63) is 82.0 Å². The van der Waals surface area contributed by atoms with Crippen LogP contribution >= 0.6 is 0 Å². The van der Waals surface area contributed by atoms with Crippen molar-refractivity contribution < 1.29 is 14.3 Å². The van der Waals surface area contributed by atoms with E-state index >= 15 is 0 Å². The molecule has 2 aromatic rings. The normalized spacial score (nSPS) is 11.2. The second-order valence-electron chi connectivity index (χ2n) is 6.23. The lowest BCUT2D eigenvalue weighted by Gasteiger charge is -2.17. The number of ketones is 1. The van der Waals surface area contributed by atoms with Crippen LogP contribution in [-0.4, -0.2) is 10.9 Å². The summed E-state index contributed by atoms with van der Waals surface area (Å²) in [5, 5.41) is 10.2. The van der Waals surface area contributed by atoms with Gasteiger partial charge in [-0.2, -0.15) is 0 Å². The van der Waals surface area contributed by atoms with Crippen LogP contribution in [0.1, 0.15) is 22.8 Å². The van der Waals surface area contributed by atoms with E-state index in [0.29, 0.717) is 22.5 Å². The molecule has 1 heterocycles. The number of hydrogen-bond acceptors (Lipinski definition) is 4. The molecule has 1 N–H and O–H groups in total. The van der Waals surface area contributed by atoms with Crippen LogP contribution in [0.15, 0.2) is 69.9 Å². The molecule has 0 spiro atoms. The Labute approximate surface area is 149 Å². The van der Waals surface area contributed by atoms with Gasteiger partial charge >= 0.3 is 0 Å². The molecule has 4 heteroatoms. The lowest BCUT2D eigenvalue weighted by atomic mass is 9.89. The van der Waals surface area contributed by atoms with Crippen LogP contribution in [-0.2, 0) is 6.61 Å². The first-order valence-electron chi connectivity index (χ1n) is 8.29. The number of hydrogen-bond donors (Lipinski definition) is 1. The average molecular weight is 344 g/mol. The molecule has 4 rings (SSSR count). The molecular weight excluding hydrogens is 328 g/mol. The summed E-state index contributed by atoms with van der Waals surface area (Å²) in [5.74, 6) is 0.420. The standard InChI is InChI=1S/C22H16O4/c1-13(24)16-4-2-3-5-17(16)22-18-8-6-14(12-23)10-20(18)26-21-11-15(25)7-9-19(21)22/h2-11,23H,12H2,1H3. The Morgan fingerprint density at radius 3 is 2.58 bits per heavy atom. The quantitative estimate of drug-likeness (QED) is 0.445. The number of carbonyl (C=O) groups excluding carboxylic acids is 1. The summed E-state index contributed by atoms with van der Waals surface area (Å²) in [4.78, 5) is 24.0. The average Bonchev–Trinajstić information content (AvgIpc) is 2.65. The minimum atomic E-state index is -0.148. The second kappa shape index (κ2) is 6.24. The van der Waals surface area contributed by atoms with E-state index in [1.54, 1.807) is 18.2 Å². The van der Waals surface area contributed by atoms with Gasteiger partial charge in [-0.05, 0) is 36.2 Å². The molecule has 2 aromatic carbocycles. The molecule has 0 fully saturated rings. The molecular formula is C22H16O4. The first kappa shape index (κ1) is 16.2. The molecule has 2 aliphatic rings. The van der Waals surface area contributed by atoms with E-state index in [0.717, 1.165) is 22.1 Å². The van der Waals surface area contributed by atoms with Gasteiger partial charge in [0, 0.05) is 28.1 Å². The van der Waals surface area contributed by atoms with Gasteiger partial charge in [0.05, 0.1) is 6.61 Å². The molecule has 0 aromatic heterocycles. The minimum absolute atomic E-state index is 0.0323. The molecule has 0 unspecified atom stereocenters. The van der Waals surface area contributed by atoms with Gasteiger partial charge in [0.1, 0.15) is 11.3 Å². The molecule has 0 amide bonds. The summed E-state index contributed by atoms with van der Waals surface area (Å²) in [6, 6.07) is 17.5. The highest BCUT2D eigenvalue weighted by molar-refractivity contribution is 6.09. The van der Waals surface area contributed by atoms with Crippen LogP contribution in [0, 0.1) is 0 Å². The summed E-state index contributed by atoms with van der Waals surface area (Å²) in [7, 11) is 0. The van der Waals surface area contributed by atoms with Crippen molar-refractivity contribution >= 4 is 16.8 Å². The maximum Gasteiger partial charge on any atom is 0.182 e. The van der Waals surface area contributed by atoms with Crippen LogP contribution in [0.2, 0.25) is 0 Å². The fourth-order valence-electron chi connectivity index (χ4n) is 3.31. The van der Waals surface area contributed by atoms with E-state index in [2.05, 4.69) is 0 Å².